The highest BCUT2D eigenvalue weighted by molar-refractivity contribution is 6.22. The molecule has 1 aromatic carbocycles. The quantitative estimate of drug-likeness (QED) is 0.471. The minimum absolute atomic E-state index is 0.00470. The van der Waals surface area contributed by atoms with Crippen LogP contribution in [0.4, 0.5) is 11.4 Å². The number of amides is 2. The monoisotopic (exact) mass is 333 g/mol. The smallest absolute Gasteiger partial charge is 0.269 e. The first-order valence-corrected chi connectivity index (χ1v) is 7.87. The molecule has 2 saturated heterocycles. The molecule has 128 valence electrons. The van der Waals surface area contributed by atoms with Crippen molar-refractivity contribution in [2.45, 2.75) is 38.5 Å². The Bertz CT molecular complexity index is 665. The number of carbonyl (C=O) groups excluding carboxylic acids is 2. The minimum atomic E-state index is -0.517. The summed E-state index contributed by atoms with van der Waals surface area (Å²) in [5, 5.41) is 10.7. The Hall–Kier alpha value is -2.32. The predicted octanol–water partition coefficient (Wildman–Crippen LogP) is 1.34. The van der Waals surface area contributed by atoms with Gasteiger partial charge in [0, 0.05) is 25.2 Å². The summed E-state index contributed by atoms with van der Waals surface area (Å²) >= 11 is 0. The van der Waals surface area contributed by atoms with E-state index in [-0.39, 0.29) is 36.1 Å². The van der Waals surface area contributed by atoms with Gasteiger partial charge in [0.2, 0.25) is 5.91 Å². The Labute approximate surface area is 139 Å². The third-order valence-corrected chi connectivity index (χ3v) is 4.33. The third-order valence-electron chi connectivity index (χ3n) is 4.33. The summed E-state index contributed by atoms with van der Waals surface area (Å²) in [5.74, 6) is -0.569. The molecule has 0 bridgehead atoms. The Morgan fingerprint density at radius 2 is 1.71 bits per heavy atom. The van der Waals surface area contributed by atoms with Crippen molar-refractivity contribution >= 4 is 23.2 Å². The van der Waals surface area contributed by atoms with Crippen LogP contribution in [0.3, 0.4) is 0 Å². The van der Waals surface area contributed by atoms with Crippen molar-refractivity contribution in [3.05, 3.63) is 34.4 Å². The number of nitrogens with zero attached hydrogens (tertiary/aromatic N) is 3. The largest absolute Gasteiger partial charge is 0.373 e. The van der Waals surface area contributed by atoms with Crippen LogP contribution >= 0.6 is 0 Å². The van der Waals surface area contributed by atoms with Crippen molar-refractivity contribution in [3.63, 3.8) is 0 Å². The van der Waals surface area contributed by atoms with Gasteiger partial charge in [0.15, 0.2) is 0 Å². The number of anilines is 1. The van der Waals surface area contributed by atoms with Gasteiger partial charge in [-0.2, -0.15) is 0 Å². The number of carbonyl (C=O) groups is 2. The first-order valence-electron chi connectivity index (χ1n) is 7.87. The highest BCUT2D eigenvalue weighted by Gasteiger charge is 2.44. The molecule has 2 heterocycles. The summed E-state index contributed by atoms with van der Waals surface area (Å²) in [6, 6.07) is 4.95. The Morgan fingerprint density at radius 3 is 2.25 bits per heavy atom. The van der Waals surface area contributed by atoms with E-state index in [0.717, 1.165) is 4.90 Å². The Balaban J connectivity index is 1.80. The molecule has 0 aliphatic carbocycles. The topological polar surface area (TPSA) is 93.0 Å². The van der Waals surface area contributed by atoms with Gasteiger partial charge in [0.1, 0.15) is 0 Å². The number of rotatable bonds is 3. The van der Waals surface area contributed by atoms with Gasteiger partial charge >= 0.3 is 0 Å². The van der Waals surface area contributed by atoms with Crippen LogP contribution in [0.1, 0.15) is 20.3 Å². The van der Waals surface area contributed by atoms with Gasteiger partial charge in [-0.1, -0.05) is 0 Å². The van der Waals surface area contributed by atoms with Crippen molar-refractivity contribution < 1.29 is 19.2 Å². The van der Waals surface area contributed by atoms with Gasteiger partial charge < -0.3 is 4.74 Å². The average molecular weight is 333 g/mol. The van der Waals surface area contributed by atoms with Crippen molar-refractivity contribution in [2.24, 2.45) is 0 Å². The molecular weight excluding hydrogens is 314 g/mol. The second-order valence-corrected chi connectivity index (χ2v) is 6.27. The van der Waals surface area contributed by atoms with Crippen LogP contribution in [0.5, 0.6) is 0 Å². The fourth-order valence-electron chi connectivity index (χ4n) is 3.37. The highest BCUT2D eigenvalue weighted by atomic mass is 16.6. The molecule has 0 spiro atoms. The molecule has 0 radical (unpaired) electrons. The number of nitro benzene ring substituents is 1. The van der Waals surface area contributed by atoms with Crippen molar-refractivity contribution in [3.8, 4) is 0 Å². The van der Waals surface area contributed by atoms with E-state index in [9.17, 15) is 19.7 Å². The molecule has 2 fully saturated rings. The number of hydrogen-bond acceptors (Lipinski definition) is 6. The molecule has 2 aliphatic heterocycles. The summed E-state index contributed by atoms with van der Waals surface area (Å²) in [7, 11) is 0. The zero-order valence-corrected chi connectivity index (χ0v) is 13.5. The number of benzene rings is 1. The number of non-ortho nitro benzene ring substituents is 1. The lowest BCUT2D eigenvalue weighted by atomic mass is 10.1. The number of ether oxygens (including phenoxy) is 1. The van der Waals surface area contributed by atoms with E-state index in [0.29, 0.717) is 18.8 Å². The lowest BCUT2D eigenvalue weighted by molar-refractivity contribution is -0.384. The summed E-state index contributed by atoms with van der Waals surface area (Å²) in [4.78, 5) is 38.4. The van der Waals surface area contributed by atoms with Gasteiger partial charge in [-0.25, -0.2) is 4.90 Å². The van der Waals surface area contributed by atoms with Crippen LogP contribution in [-0.4, -0.2) is 53.0 Å². The second kappa shape index (κ2) is 6.29. The average Bonchev–Trinajstić information content (AvgIpc) is 2.81. The molecular formula is C16H19N3O5. The summed E-state index contributed by atoms with van der Waals surface area (Å²) < 4.78 is 5.67. The molecule has 0 aromatic heterocycles. The van der Waals surface area contributed by atoms with E-state index in [1.807, 2.05) is 18.7 Å². The summed E-state index contributed by atoms with van der Waals surface area (Å²) in [6.45, 7) is 5.08. The zero-order valence-electron chi connectivity index (χ0n) is 13.5. The van der Waals surface area contributed by atoms with Crippen LogP contribution in [0.25, 0.3) is 0 Å². The van der Waals surface area contributed by atoms with Gasteiger partial charge in [-0.15, -0.1) is 0 Å². The molecule has 1 aromatic rings. The van der Waals surface area contributed by atoms with Gasteiger partial charge in [0.05, 0.1) is 35.3 Å². The van der Waals surface area contributed by atoms with E-state index in [4.69, 9.17) is 4.74 Å². The third kappa shape index (κ3) is 3.02. The SMILES string of the molecule is C[C@@H]1CN([C@@H]2CC(=O)N(c3ccc([N+](=O)[O-])cc3)C2=O)C[C@@H](C)O1. The fraction of sp³-hybridized carbons (Fsp3) is 0.500. The van der Waals surface area contributed by atoms with Crippen LogP contribution in [0.2, 0.25) is 0 Å². The summed E-state index contributed by atoms with van der Waals surface area (Å²) in [5.41, 5.74) is 0.290. The Morgan fingerprint density at radius 1 is 1.12 bits per heavy atom. The zero-order chi connectivity index (χ0) is 17.4. The molecule has 0 N–H and O–H groups in total. The van der Waals surface area contributed by atoms with Crippen molar-refractivity contribution in [2.75, 3.05) is 18.0 Å². The van der Waals surface area contributed by atoms with Crippen LogP contribution in [-0.2, 0) is 14.3 Å². The van der Waals surface area contributed by atoms with E-state index in [1.165, 1.54) is 24.3 Å². The van der Waals surface area contributed by atoms with Gasteiger partial charge in [-0.3, -0.25) is 24.6 Å². The maximum atomic E-state index is 12.7. The fourth-order valence-corrected chi connectivity index (χ4v) is 3.37. The van der Waals surface area contributed by atoms with Crippen LogP contribution in [0, 0.1) is 10.1 Å². The molecule has 0 unspecified atom stereocenters. The molecule has 3 atom stereocenters. The Kier molecular flexibility index (Phi) is 4.33. The van der Waals surface area contributed by atoms with Crippen LogP contribution in [0.15, 0.2) is 24.3 Å². The molecule has 2 aliphatic rings. The first kappa shape index (κ1) is 16.5. The van der Waals surface area contributed by atoms with E-state index in [2.05, 4.69) is 0 Å². The lowest BCUT2D eigenvalue weighted by Gasteiger charge is -2.37. The van der Waals surface area contributed by atoms with Gasteiger partial charge in [0.25, 0.3) is 11.6 Å². The van der Waals surface area contributed by atoms with Crippen LogP contribution < -0.4 is 4.90 Å². The highest BCUT2D eigenvalue weighted by Crippen LogP contribution is 2.28. The normalized spacial score (nSPS) is 28.4. The standard InChI is InChI=1S/C16H19N3O5/c1-10-8-17(9-11(2)24-10)14-7-15(20)18(16(14)21)12-3-5-13(6-4-12)19(22)23/h3-6,10-11,14H,7-9H2,1-2H3/t10-,11-,14-/m1/s1. The van der Waals surface area contributed by atoms with Gasteiger partial charge in [-0.05, 0) is 26.0 Å². The number of nitro groups is 1. The lowest BCUT2D eigenvalue weighted by Crippen LogP contribution is -2.52. The first-order chi connectivity index (χ1) is 11.4. The molecule has 2 amide bonds. The molecule has 3 rings (SSSR count). The maximum Gasteiger partial charge on any atom is 0.269 e. The molecule has 8 nitrogen and oxygen atoms in total. The minimum Gasteiger partial charge on any atom is -0.373 e. The molecule has 8 heteroatoms. The maximum absolute atomic E-state index is 12.7. The number of hydrogen-bond donors (Lipinski definition) is 0. The number of imide groups is 1. The van der Waals surface area contributed by atoms with E-state index in [1.54, 1.807) is 0 Å². The van der Waals surface area contributed by atoms with Crippen molar-refractivity contribution in [1.29, 1.82) is 0 Å². The van der Waals surface area contributed by atoms with E-state index >= 15 is 0 Å². The number of morpholine rings is 1. The molecule has 24 heavy (non-hydrogen) atoms. The van der Waals surface area contributed by atoms with Crippen molar-refractivity contribution in [1.82, 2.24) is 4.90 Å². The molecule has 0 saturated carbocycles. The second-order valence-electron chi connectivity index (χ2n) is 6.27. The summed E-state index contributed by atoms with van der Waals surface area (Å²) in [6.07, 6.45) is 0.130. The van der Waals surface area contributed by atoms with E-state index < -0.39 is 11.0 Å². The predicted molar refractivity (Wildman–Crippen MR) is 85.6 cm³/mol.